The van der Waals surface area contributed by atoms with Crippen LogP contribution in [-0.2, 0) is 0 Å². The molecule has 1 aliphatic heterocycles. The summed E-state index contributed by atoms with van der Waals surface area (Å²) in [5.41, 5.74) is 15.9. The summed E-state index contributed by atoms with van der Waals surface area (Å²) < 4.78 is 0. The van der Waals surface area contributed by atoms with Gasteiger partial charge in [-0.1, -0.05) is 13.1 Å². The molecule has 0 aliphatic carbocycles. The zero-order valence-electron chi connectivity index (χ0n) is 8.93. The van der Waals surface area contributed by atoms with Crippen molar-refractivity contribution < 1.29 is 0 Å². The molecule has 0 saturated carbocycles. The second-order valence-electron chi connectivity index (χ2n) is 3.53. The minimum Gasteiger partial charge on any atom is -0.404 e. The topological polar surface area (TPSA) is 64.1 Å². The van der Waals surface area contributed by atoms with E-state index in [-0.39, 0.29) is 0 Å². The lowest BCUT2D eigenvalue weighted by Crippen LogP contribution is -2.07. The van der Waals surface area contributed by atoms with E-state index in [1.54, 1.807) is 6.20 Å². The van der Waals surface area contributed by atoms with Crippen LogP contribution in [0.5, 0.6) is 0 Å². The summed E-state index contributed by atoms with van der Waals surface area (Å²) in [6.45, 7) is 5.05. The first-order chi connectivity index (χ1) is 6.70. The maximum Gasteiger partial charge on any atom is 0.122 e. The van der Waals surface area contributed by atoms with Crippen LogP contribution >= 0.6 is 0 Å². The van der Waals surface area contributed by atoms with Crippen molar-refractivity contribution in [3.63, 3.8) is 0 Å². The number of hydrogen-bond donors (Lipinski definition) is 3. The molecule has 0 atom stereocenters. The first kappa shape index (κ1) is 10.8. The molecule has 0 saturated heterocycles. The zero-order chi connectivity index (χ0) is 10.6. The molecule has 1 heterocycles. The summed E-state index contributed by atoms with van der Waals surface area (Å²) in [5.74, 6) is 0. The van der Waals surface area contributed by atoms with Gasteiger partial charge in [0, 0.05) is 12.7 Å². The molecule has 0 bridgehead atoms. The Balaban J connectivity index is 2.91. The van der Waals surface area contributed by atoms with Crippen LogP contribution in [0.15, 0.2) is 34.8 Å². The molecule has 3 nitrogen and oxygen atoms in total. The molecule has 1 rings (SSSR count). The highest BCUT2D eigenvalue weighted by molar-refractivity contribution is 6.34. The van der Waals surface area contributed by atoms with E-state index < -0.39 is 0 Å². The van der Waals surface area contributed by atoms with Crippen LogP contribution in [0.2, 0.25) is 13.1 Å². The van der Waals surface area contributed by atoms with Crippen molar-refractivity contribution in [2.75, 3.05) is 6.54 Å². The highest BCUT2D eigenvalue weighted by Gasteiger charge is 2.12. The third-order valence-electron chi connectivity index (χ3n) is 2.54. The number of nitrogens with one attached hydrogen (secondary N) is 1. The van der Waals surface area contributed by atoms with E-state index in [0.717, 1.165) is 25.8 Å². The van der Waals surface area contributed by atoms with Gasteiger partial charge in [0.2, 0.25) is 0 Å². The molecular formula is C10H18BN3. The van der Waals surface area contributed by atoms with E-state index in [4.69, 9.17) is 11.5 Å². The van der Waals surface area contributed by atoms with E-state index in [9.17, 15) is 0 Å². The van der Waals surface area contributed by atoms with Crippen molar-refractivity contribution >= 4 is 7.28 Å². The Kier molecular flexibility index (Phi) is 3.68. The SMILES string of the molecule is CBCC(=C/N)/C(C)=C1\CNC=C1N. The molecule has 76 valence electrons. The van der Waals surface area contributed by atoms with E-state index >= 15 is 0 Å². The van der Waals surface area contributed by atoms with Crippen LogP contribution in [-0.4, -0.2) is 13.8 Å². The lowest BCUT2D eigenvalue weighted by Gasteiger charge is -2.10. The maximum atomic E-state index is 5.84. The third kappa shape index (κ3) is 2.13. The average Bonchev–Trinajstić information content (AvgIpc) is 2.59. The van der Waals surface area contributed by atoms with Gasteiger partial charge in [-0.05, 0) is 29.8 Å². The second-order valence-corrected chi connectivity index (χ2v) is 3.53. The standard InChI is InChI=1S/C10H18BN3/c1-7(8(4-12)3-11-2)9-5-14-6-10(9)13/h4,6,11,14H,3,5,12-13H2,1-2H3/b8-4-,9-7+. The summed E-state index contributed by atoms with van der Waals surface area (Å²) in [7, 11) is 1.10. The maximum absolute atomic E-state index is 5.84. The lowest BCUT2D eigenvalue weighted by atomic mass is 9.73. The van der Waals surface area contributed by atoms with Crippen LogP contribution in [0.25, 0.3) is 0 Å². The van der Waals surface area contributed by atoms with Crippen molar-refractivity contribution in [2.24, 2.45) is 11.5 Å². The van der Waals surface area contributed by atoms with Crippen molar-refractivity contribution in [2.45, 2.75) is 20.1 Å². The van der Waals surface area contributed by atoms with Crippen LogP contribution < -0.4 is 16.8 Å². The molecule has 0 fully saturated rings. The molecule has 0 aromatic carbocycles. The zero-order valence-corrected chi connectivity index (χ0v) is 8.93. The molecule has 0 spiro atoms. The Hall–Kier alpha value is -1.32. The van der Waals surface area contributed by atoms with Crippen molar-refractivity contribution in [1.29, 1.82) is 0 Å². The average molecular weight is 191 g/mol. The smallest absolute Gasteiger partial charge is 0.122 e. The monoisotopic (exact) mass is 191 g/mol. The Morgan fingerprint density at radius 3 is 2.86 bits per heavy atom. The predicted octanol–water partition coefficient (Wildman–Crippen LogP) is 0.452. The van der Waals surface area contributed by atoms with Gasteiger partial charge in [-0.3, -0.25) is 0 Å². The number of rotatable bonds is 3. The van der Waals surface area contributed by atoms with Gasteiger partial charge in [-0.25, -0.2) is 0 Å². The number of allylic oxidation sites excluding steroid dienone is 2. The minimum absolute atomic E-state index is 0.818. The lowest BCUT2D eigenvalue weighted by molar-refractivity contribution is 0.992. The highest BCUT2D eigenvalue weighted by atomic mass is 14.9. The predicted molar refractivity (Wildman–Crippen MR) is 63.1 cm³/mol. The van der Waals surface area contributed by atoms with Gasteiger partial charge < -0.3 is 16.8 Å². The molecule has 0 amide bonds. The van der Waals surface area contributed by atoms with Gasteiger partial charge in [0.1, 0.15) is 7.28 Å². The second kappa shape index (κ2) is 4.79. The fourth-order valence-corrected chi connectivity index (χ4v) is 1.66. The molecule has 1 aliphatic rings. The molecule has 0 aromatic heterocycles. The number of nitrogens with two attached hydrogens (primary N) is 2. The summed E-state index contributed by atoms with van der Waals surface area (Å²) >= 11 is 0. The summed E-state index contributed by atoms with van der Waals surface area (Å²) in [5, 5.41) is 3.11. The largest absolute Gasteiger partial charge is 0.404 e. The first-order valence-electron chi connectivity index (χ1n) is 5.01. The van der Waals surface area contributed by atoms with Crippen LogP contribution in [0.1, 0.15) is 6.92 Å². The van der Waals surface area contributed by atoms with Gasteiger partial charge in [0.05, 0.1) is 5.70 Å². The molecular weight excluding hydrogens is 173 g/mol. The highest BCUT2D eigenvalue weighted by Crippen LogP contribution is 2.21. The molecule has 4 heteroatoms. The normalized spacial score (nSPS) is 20.1. The Bertz CT molecular complexity index is 302. The Morgan fingerprint density at radius 1 is 1.71 bits per heavy atom. The summed E-state index contributed by atoms with van der Waals surface area (Å²) in [6, 6.07) is 0. The Morgan fingerprint density at radius 2 is 2.43 bits per heavy atom. The molecule has 5 N–H and O–H groups in total. The van der Waals surface area contributed by atoms with Gasteiger partial charge in [0.25, 0.3) is 0 Å². The number of hydrogen-bond acceptors (Lipinski definition) is 3. The quantitative estimate of drug-likeness (QED) is 0.567. The summed E-state index contributed by atoms with van der Waals surface area (Å²) in [6.07, 6.45) is 4.55. The van der Waals surface area contributed by atoms with Gasteiger partial charge in [-0.15, -0.1) is 0 Å². The fourth-order valence-electron chi connectivity index (χ4n) is 1.66. The minimum atomic E-state index is 0.818. The van der Waals surface area contributed by atoms with Crippen LogP contribution in [0, 0.1) is 0 Å². The van der Waals surface area contributed by atoms with Gasteiger partial charge >= 0.3 is 0 Å². The molecule has 0 aromatic rings. The van der Waals surface area contributed by atoms with E-state index in [2.05, 4.69) is 19.1 Å². The van der Waals surface area contributed by atoms with Crippen LogP contribution in [0.3, 0.4) is 0 Å². The Labute approximate surface area is 86.2 Å². The van der Waals surface area contributed by atoms with Gasteiger partial charge in [0.15, 0.2) is 0 Å². The molecule has 0 unspecified atom stereocenters. The van der Waals surface area contributed by atoms with E-state index in [1.807, 2.05) is 6.20 Å². The molecule has 0 radical (unpaired) electrons. The van der Waals surface area contributed by atoms with Crippen molar-refractivity contribution in [3.8, 4) is 0 Å². The first-order valence-corrected chi connectivity index (χ1v) is 5.01. The third-order valence-corrected chi connectivity index (χ3v) is 2.54. The van der Waals surface area contributed by atoms with E-state index in [1.165, 1.54) is 16.7 Å². The summed E-state index contributed by atoms with van der Waals surface area (Å²) in [4.78, 5) is 0. The molecule has 14 heavy (non-hydrogen) atoms. The van der Waals surface area contributed by atoms with Gasteiger partial charge in [-0.2, -0.15) is 0 Å². The van der Waals surface area contributed by atoms with Crippen molar-refractivity contribution in [1.82, 2.24) is 5.32 Å². The van der Waals surface area contributed by atoms with Crippen molar-refractivity contribution in [3.05, 3.63) is 34.8 Å². The fraction of sp³-hybridized carbons (Fsp3) is 0.400. The van der Waals surface area contributed by atoms with Crippen LogP contribution in [0.4, 0.5) is 0 Å². The van der Waals surface area contributed by atoms with E-state index in [0.29, 0.717) is 0 Å².